The van der Waals surface area contributed by atoms with E-state index >= 15 is 0 Å². The molecule has 1 fully saturated rings. The van der Waals surface area contributed by atoms with Crippen LogP contribution in [0.25, 0.3) is 0 Å². The molecule has 3 atom stereocenters. The Balaban J connectivity index is 2.26. The third kappa shape index (κ3) is 3.14. The first kappa shape index (κ1) is 14.9. The lowest BCUT2D eigenvalue weighted by molar-refractivity contribution is -0.172. The Bertz CT molecular complexity index is 472. The minimum absolute atomic E-state index is 0.0498. The number of carbonyl (C=O) groups is 1. The Morgan fingerprint density at radius 1 is 1.20 bits per heavy atom. The van der Waals surface area contributed by atoms with Crippen LogP contribution in [-0.4, -0.2) is 29.6 Å². The van der Waals surface area contributed by atoms with Crippen molar-refractivity contribution in [3.63, 3.8) is 0 Å². The van der Waals surface area contributed by atoms with Crippen molar-refractivity contribution in [3.8, 4) is 0 Å². The standard InChI is InChI=1S/C15H18F3NO/c1-10-8-13(12-6-4-3-5-7-12)11(2)19(14(10)20)9-15(16,17)18/h3-7,10-11,13H,8-9H2,1-2H3. The molecular formula is C15H18F3NO. The molecule has 5 heteroatoms. The van der Waals surface area contributed by atoms with E-state index in [2.05, 4.69) is 0 Å². The zero-order valence-corrected chi connectivity index (χ0v) is 11.5. The van der Waals surface area contributed by atoms with E-state index < -0.39 is 24.7 Å². The molecule has 1 heterocycles. The monoisotopic (exact) mass is 285 g/mol. The summed E-state index contributed by atoms with van der Waals surface area (Å²) in [6.07, 6.45) is -3.76. The van der Waals surface area contributed by atoms with Gasteiger partial charge in [-0.05, 0) is 18.9 Å². The SMILES string of the molecule is CC1CC(c2ccccc2)C(C)N(CC(F)(F)F)C1=O. The Hall–Kier alpha value is -1.52. The molecule has 2 nitrogen and oxygen atoms in total. The summed E-state index contributed by atoms with van der Waals surface area (Å²) >= 11 is 0. The number of rotatable bonds is 2. The molecular weight excluding hydrogens is 267 g/mol. The minimum atomic E-state index is -4.36. The summed E-state index contributed by atoms with van der Waals surface area (Å²) in [5, 5.41) is 0. The molecule has 1 aromatic carbocycles. The van der Waals surface area contributed by atoms with Crippen LogP contribution in [0, 0.1) is 5.92 Å². The molecule has 20 heavy (non-hydrogen) atoms. The van der Waals surface area contributed by atoms with E-state index in [0.717, 1.165) is 10.5 Å². The number of halogens is 3. The quantitative estimate of drug-likeness (QED) is 0.813. The highest BCUT2D eigenvalue weighted by Crippen LogP contribution is 2.37. The van der Waals surface area contributed by atoms with E-state index in [1.54, 1.807) is 13.8 Å². The molecule has 1 aromatic rings. The average Bonchev–Trinajstić information content (AvgIpc) is 2.39. The lowest BCUT2D eigenvalue weighted by atomic mass is 9.79. The fraction of sp³-hybridized carbons (Fsp3) is 0.533. The molecule has 0 spiro atoms. The van der Waals surface area contributed by atoms with Crippen molar-refractivity contribution in [2.75, 3.05) is 6.54 Å². The van der Waals surface area contributed by atoms with E-state index in [9.17, 15) is 18.0 Å². The molecule has 1 aliphatic rings. The third-order valence-electron chi connectivity index (χ3n) is 3.96. The highest BCUT2D eigenvalue weighted by molar-refractivity contribution is 5.80. The molecule has 110 valence electrons. The van der Waals surface area contributed by atoms with E-state index in [-0.39, 0.29) is 11.8 Å². The van der Waals surface area contributed by atoms with Crippen molar-refractivity contribution in [2.45, 2.75) is 38.4 Å². The van der Waals surface area contributed by atoms with Crippen LogP contribution in [0.3, 0.4) is 0 Å². The van der Waals surface area contributed by atoms with Crippen LogP contribution in [0.5, 0.6) is 0 Å². The van der Waals surface area contributed by atoms with Gasteiger partial charge in [0.2, 0.25) is 5.91 Å². The minimum Gasteiger partial charge on any atom is -0.330 e. The maximum absolute atomic E-state index is 12.6. The van der Waals surface area contributed by atoms with E-state index in [1.807, 2.05) is 30.3 Å². The topological polar surface area (TPSA) is 20.3 Å². The second-order valence-corrected chi connectivity index (χ2v) is 5.48. The first-order chi connectivity index (χ1) is 9.29. The molecule has 0 bridgehead atoms. The smallest absolute Gasteiger partial charge is 0.330 e. The maximum atomic E-state index is 12.6. The van der Waals surface area contributed by atoms with Gasteiger partial charge in [-0.1, -0.05) is 37.3 Å². The largest absolute Gasteiger partial charge is 0.406 e. The lowest BCUT2D eigenvalue weighted by Crippen LogP contribution is -2.52. The summed E-state index contributed by atoms with van der Waals surface area (Å²) in [5.41, 5.74) is 0.992. The molecule has 1 aliphatic heterocycles. The molecule has 3 unspecified atom stereocenters. The van der Waals surface area contributed by atoms with Gasteiger partial charge in [-0.25, -0.2) is 0 Å². The zero-order chi connectivity index (χ0) is 14.9. The van der Waals surface area contributed by atoms with Gasteiger partial charge in [0.25, 0.3) is 0 Å². The number of likely N-dealkylation sites (tertiary alicyclic amines) is 1. The van der Waals surface area contributed by atoms with Gasteiger partial charge in [-0.3, -0.25) is 4.79 Å². The van der Waals surface area contributed by atoms with Gasteiger partial charge < -0.3 is 4.90 Å². The number of benzene rings is 1. The van der Waals surface area contributed by atoms with Gasteiger partial charge in [0.1, 0.15) is 6.54 Å². The van der Waals surface area contributed by atoms with Crippen molar-refractivity contribution >= 4 is 5.91 Å². The van der Waals surface area contributed by atoms with E-state index in [4.69, 9.17) is 0 Å². The van der Waals surface area contributed by atoms with Crippen LogP contribution >= 0.6 is 0 Å². The van der Waals surface area contributed by atoms with Crippen LogP contribution in [0.1, 0.15) is 31.7 Å². The fourth-order valence-electron chi connectivity index (χ4n) is 2.91. The second-order valence-electron chi connectivity index (χ2n) is 5.48. The van der Waals surface area contributed by atoms with Crippen LogP contribution in [0.4, 0.5) is 13.2 Å². The number of nitrogens with zero attached hydrogens (tertiary/aromatic N) is 1. The van der Waals surface area contributed by atoms with Crippen molar-refractivity contribution in [1.82, 2.24) is 4.90 Å². The summed E-state index contributed by atoms with van der Waals surface area (Å²) in [6.45, 7) is 2.24. The summed E-state index contributed by atoms with van der Waals surface area (Å²) in [6, 6.07) is 9.00. The van der Waals surface area contributed by atoms with Gasteiger partial charge in [-0.2, -0.15) is 13.2 Å². The molecule has 0 radical (unpaired) electrons. The molecule has 1 saturated heterocycles. The highest BCUT2D eigenvalue weighted by atomic mass is 19.4. The molecule has 0 saturated carbocycles. The summed E-state index contributed by atoms with van der Waals surface area (Å²) in [4.78, 5) is 13.0. The van der Waals surface area contributed by atoms with Gasteiger partial charge >= 0.3 is 6.18 Å². The molecule has 1 amide bonds. The number of alkyl halides is 3. The predicted molar refractivity (Wildman–Crippen MR) is 70.2 cm³/mol. The first-order valence-corrected chi connectivity index (χ1v) is 6.72. The highest BCUT2D eigenvalue weighted by Gasteiger charge is 2.43. The van der Waals surface area contributed by atoms with Crippen molar-refractivity contribution in [2.24, 2.45) is 5.92 Å². The van der Waals surface area contributed by atoms with Crippen LogP contribution in [0.2, 0.25) is 0 Å². The van der Waals surface area contributed by atoms with E-state index in [0.29, 0.717) is 6.42 Å². The molecule has 0 aromatic heterocycles. The number of amides is 1. The summed E-state index contributed by atoms with van der Waals surface area (Å²) in [5.74, 6) is -0.827. The van der Waals surface area contributed by atoms with Gasteiger partial charge in [0.15, 0.2) is 0 Å². The fourth-order valence-corrected chi connectivity index (χ4v) is 2.91. The number of hydrogen-bond acceptors (Lipinski definition) is 1. The van der Waals surface area contributed by atoms with Gasteiger partial charge in [0, 0.05) is 17.9 Å². The van der Waals surface area contributed by atoms with Crippen LogP contribution in [-0.2, 0) is 4.79 Å². The Morgan fingerprint density at radius 2 is 1.80 bits per heavy atom. The van der Waals surface area contributed by atoms with Gasteiger partial charge in [0.05, 0.1) is 0 Å². The Morgan fingerprint density at radius 3 is 2.35 bits per heavy atom. The normalized spacial score (nSPS) is 27.8. The number of carbonyl (C=O) groups excluding carboxylic acids is 1. The van der Waals surface area contributed by atoms with E-state index in [1.165, 1.54) is 0 Å². The van der Waals surface area contributed by atoms with Crippen LogP contribution in [0.15, 0.2) is 30.3 Å². The number of piperidine rings is 1. The lowest BCUT2D eigenvalue weighted by Gasteiger charge is -2.42. The van der Waals surface area contributed by atoms with Gasteiger partial charge in [-0.15, -0.1) is 0 Å². The maximum Gasteiger partial charge on any atom is 0.406 e. The molecule has 0 N–H and O–H groups in total. The first-order valence-electron chi connectivity index (χ1n) is 6.72. The number of hydrogen-bond donors (Lipinski definition) is 0. The Labute approximate surface area is 116 Å². The zero-order valence-electron chi connectivity index (χ0n) is 11.5. The Kier molecular flexibility index (Phi) is 4.06. The molecule has 0 aliphatic carbocycles. The molecule has 2 rings (SSSR count). The third-order valence-corrected chi connectivity index (χ3v) is 3.96. The van der Waals surface area contributed by atoms with Crippen LogP contribution < -0.4 is 0 Å². The average molecular weight is 285 g/mol. The van der Waals surface area contributed by atoms with Crippen molar-refractivity contribution in [3.05, 3.63) is 35.9 Å². The van der Waals surface area contributed by atoms with Crippen molar-refractivity contribution < 1.29 is 18.0 Å². The summed E-state index contributed by atoms with van der Waals surface area (Å²) in [7, 11) is 0. The summed E-state index contributed by atoms with van der Waals surface area (Å²) < 4.78 is 37.9. The second kappa shape index (κ2) is 5.46. The predicted octanol–water partition coefficient (Wildman–Crippen LogP) is 3.59. The van der Waals surface area contributed by atoms with Crippen molar-refractivity contribution in [1.29, 1.82) is 0 Å².